The van der Waals surface area contributed by atoms with Crippen molar-refractivity contribution in [1.29, 1.82) is 0 Å². The van der Waals surface area contributed by atoms with E-state index in [2.05, 4.69) is 15.9 Å². The molecule has 0 aliphatic heterocycles. The molecule has 1 aromatic carbocycles. The Labute approximate surface area is 103 Å². The van der Waals surface area contributed by atoms with E-state index < -0.39 is 0 Å². The van der Waals surface area contributed by atoms with Gasteiger partial charge in [0.25, 0.3) is 0 Å². The Balaban J connectivity index is 2.09. The summed E-state index contributed by atoms with van der Waals surface area (Å²) in [6.07, 6.45) is 2.27. The summed E-state index contributed by atoms with van der Waals surface area (Å²) in [6, 6.07) is 5.47. The molecule has 1 fully saturated rings. The first kappa shape index (κ1) is 11.9. The first-order chi connectivity index (χ1) is 7.70. The van der Waals surface area contributed by atoms with E-state index in [1.807, 2.05) is 18.2 Å². The molecule has 3 nitrogen and oxygen atoms in total. The van der Waals surface area contributed by atoms with Crippen LogP contribution < -0.4 is 4.74 Å². The molecule has 0 spiro atoms. The van der Waals surface area contributed by atoms with Crippen LogP contribution in [0.5, 0.6) is 5.75 Å². The van der Waals surface area contributed by atoms with Gasteiger partial charge < -0.3 is 14.9 Å². The van der Waals surface area contributed by atoms with Gasteiger partial charge in [-0.05, 0) is 52.9 Å². The summed E-state index contributed by atoms with van der Waals surface area (Å²) in [5.41, 5.74) is 0.839. The van der Waals surface area contributed by atoms with Gasteiger partial charge in [-0.15, -0.1) is 0 Å². The van der Waals surface area contributed by atoms with Gasteiger partial charge >= 0.3 is 0 Å². The minimum Gasteiger partial charge on any atom is -0.487 e. The Bertz CT molecular complexity index is 367. The largest absolute Gasteiger partial charge is 0.487 e. The molecule has 0 amide bonds. The molecule has 1 saturated carbocycles. The van der Waals surface area contributed by atoms with Crippen LogP contribution in [0.15, 0.2) is 22.7 Å². The smallest absolute Gasteiger partial charge is 0.134 e. The molecule has 2 N–H and O–H groups in total. The third-order valence-electron chi connectivity index (χ3n) is 2.87. The molecule has 0 heterocycles. The van der Waals surface area contributed by atoms with Crippen molar-refractivity contribution in [2.24, 2.45) is 0 Å². The first-order valence-corrected chi connectivity index (χ1v) is 6.24. The summed E-state index contributed by atoms with van der Waals surface area (Å²) < 4.78 is 6.56. The molecule has 4 heteroatoms. The van der Waals surface area contributed by atoms with E-state index in [1.165, 1.54) is 0 Å². The van der Waals surface area contributed by atoms with Crippen LogP contribution in [0.3, 0.4) is 0 Å². The summed E-state index contributed by atoms with van der Waals surface area (Å²) in [5.74, 6) is 0.725. The topological polar surface area (TPSA) is 49.7 Å². The Morgan fingerprint density at radius 1 is 1.38 bits per heavy atom. The fourth-order valence-electron chi connectivity index (χ4n) is 1.95. The maximum absolute atomic E-state index is 9.66. The van der Waals surface area contributed by atoms with Gasteiger partial charge in [-0.3, -0.25) is 0 Å². The first-order valence-electron chi connectivity index (χ1n) is 5.44. The molecule has 16 heavy (non-hydrogen) atoms. The van der Waals surface area contributed by atoms with Gasteiger partial charge in [-0.25, -0.2) is 0 Å². The number of ether oxygens (including phenoxy) is 1. The number of aliphatic hydroxyl groups excluding tert-OH is 2. The highest BCUT2D eigenvalue weighted by atomic mass is 79.9. The van der Waals surface area contributed by atoms with Gasteiger partial charge in [-0.1, -0.05) is 6.07 Å². The van der Waals surface area contributed by atoms with E-state index in [0.717, 1.165) is 35.0 Å². The van der Waals surface area contributed by atoms with E-state index >= 15 is 0 Å². The second kappa shape index (κ2) is 5.17. The molecular weight excluding hydrogens is 272 g/mol. The molecule has 2 unspecified atom stereocenters. The predicted octanol–water partition coefficient (Wildman–Crippen LogP) is 2.23. The van der Waals surface area contributed by atoms with Crippen LogP contribution in [0.1, 0.15) is 24.8 Å². The van der Waals surface area contributed by atoms with Crippen molar-refractivity contribution in [3.63, 3.8) is 0 Å². The zero-order valence-corrected chi connectivity index (χ0v) is 10.5. The normalized spacial score (nSPS) is 24.7. The van der Waals surface area contributed by atoms with E-state index in [9.17, 15) is 5.11 Å². The third kappa shape index (κ3) is 2.56. The Kier molecular flexibility index (Phi) is 3.84. The van der Waals surface area contributed by atoms with Gasteiger partial charge in [-0.2, -0.15) is 0 Å². The summed E-state index contributed by atoms with van der Waals surface area (Å²) >= 11 is 3.40. The fourth-order valence-corrected chi connectivity index (χ4v) is 2.46. The highest BCUT2D eigenvalue weighted by Gasteiger charge is 2.27. The molecule has 0 aromatic heterocycles. The van der Waals surface area contributed by atoms with Crippen molar-refractivity contribution < 1.29 is 14.9 Å². The predicted molar refractivity (Wildman–Crippen MR) is 64.3 cm³/mol. The van der Waals surface area contributed by atoms with Crippen molar-refractivity contribution in [1.82, 2.24) is 0 Å². The Morgan fingerprint density at radius 2 is 2.19 bits per heavy atom. The minimum absolute atomic E-state index is 0.0188. The lowest BCUT2D eigenvalue weighted by Gasteiger charge is -2.18. The summed E-state index contributed by atoms with van der Waals surface area (Å²) in [5, 5.41) is 18.6. The Morgan fingerprint density at radius 3 is 2.75 bits per heavy atom. The lowest BCUT2D eigenvalue weighted by Crippen LogP contribution is -2.25. The molecular formula is C12H15BrO3. The quantitative estimate of drug-likeness (QED) is 0.896. The number of benzene rings is 1. The molecule has 0 saturated heterocycles. The number of halogens is 1. The van der Waals surface area contributed by atoms with Crippen LogP contribution in [-0.2, 0) is 6.61 Å². The van der Waals surface area contributed by atoms with Crippen LogP contribution in [-0.4, -0.2) is 22.4 Å². The highest BCUT2D eigenvalue weighted by molar-refractivity contribution is 9.10. The molecule has 1 aliphatic rings. The maximum atomic E-state index is 9.66. The zero-order chi connectivity index (χ0) is 11.5. The van der Waals surface area contributed by atoms with Crippen LogP contribution in [0.25, 0.3) is 0 Å². The Hall–Kier alpha value is -0.580. The van der Waals surface area contributed by atoms with Crippen molar-refractivity contribution in [3.05, 3.63) is 28.2 Å². The van der Waals surface area contributed by atoms with E-state index in [-0.39, 0.29) is 18.8 Å². The second-order valence-electron chi connectivity index (χ2n) is 4.08. The maximum Gasteiger partial charge on any atom is 0.134 e. The van der Waals surface area contributed by atoms with E-state index in [0.29, 0.717) is 0 Å². The standard InChI is InChI=1S/C12H15BrO3/c13-9-6-8(7-14)4-5-11(9)16-12-3-1-2-10(12)15/h4-6,10,12,14-15H,1-3,7H2. The summed E-state index contributed by atoms with van der Waals surface area (Å²) in [7, 11) is 0. The molecule has 2 rings (SSSR count). The number of rotatable bonds is 3. The zero-order valence-electron chi connectivity index (χ0n) is 8.90. The van der Waals surface area contributed by atoms with Crippen molar-refractivity contribution in [2.45, 2.75) is 38.1 Å². The SMILES string of the molecule is OCc1ccc(OC2CCCC2O)c(Br)c1. The van der Waals surface area contributed by atoms with Gasteiger partial charge in [0.2, 0.25) is 0 Å². The lowest BCUT2D eigenvalue weighted by molar-refractivity contribution is 0.0599. The van der Waals surface area contributed by atoms with Crippen molar-refractivity contribution in [2.75, 3.05) is 0 Å². The summed E-state index contributed by atoms with van der Waals surface area (Å²) in [4.78, 5) is 0. The molecule has 88 valence electrons. The third-order valence-corrected chi connectivity index (χ3v) is 3.49. The fraction of sp³-hybridized carbons (Fsp3) is 0.500. The number of hydrogen-bond donors (Lipinski definition) is 2. The van der Waals surface area contributed by atoms with Crippen molar-refractivity contribution >= 4 is 15.9 Å². The van der Waals surface area contributed by atoms with Gasteiger partial charge in [0.05, 0.1) is 17.2 Å². The van der Waals surface area contributed by atoms with Gasteiger partial charge in [0.15, 0.2) is 0 Å². The van der Waals surface area contributed by atoms with Crippen LogP contribution in [0.4, 0.5) is 0 Å². The van der Waals surface area contributed by atoms with Crippen LogP contribution >= 0.6 is 15.9 Å². The average Bonchev–Trinajstić information content (AvgIpc) is 2.67. The highest BCUT2D eigenvalue weighted by Crippen LogP contribution is 2.30. The van der Waals surface area contributed by atoms with Crippen LogP contribution in [0.2, 0.25) is 0 Å². The van der Waals surface area contributed by atoms with Crippen LogP contribution in [0, 0.1) is 0 Å². The summed E-state index contributed by atoms with van der Waals surface area (Å²) in [6.45, 7) is 0.0188. The molecule has 0 bridgehead atoms. The lowest BCUT2D eigenvalue weighted by atomic mass is 10.2. The number of hydrogen-bond acceptors (Lipinski definition) is 3. The minimum atomic E-state index is -0.357. The van der Waals surface area contributed by atoms with Gasteiger partial charge in [0, 0.05) is 0 Å². The van der Waals surface area contributed by atoms with E-state index in [4.69, 9.17) is 9.84 Å². The molecule has 2 atom stereocenters. The molecule has 1 aromatic rings. The number of aliphatic hydroxyl groups is 2. The second-order valence-corrected chi connectivity index (χ2v) is 4.93. The van der Waals surface area contributed by atoms with Crippen molar-refractivity contribution in [3.8, 4) is 5.75 Å². The van der Waals surface area contributed by atoms with E-state index in [1.54, 1.807) is 0 Å². The average molecular weight is 287 g/mol. The molecule has 0 radical (unpaired) electrons. The monoisotopic (exact) mass is 286 g/mol. The molecule has 1 aliphatic carbocycles. The van der Waals surface area contributed by atoms with Gasteiger partial charge in [0.1, 0.15) is 11.9 Å².